The molecule has 1 saturated heterocycles. The number of halogens is 1. The van der Waals surface area contributed by atoms with Crippen LogP contribution in [0.25, 0.3) is 0 Å². The maximum atomic E-state index is 12.2. The van der Waals surface area contributed by atoms with Gasteiger partial charge in [0.25, 0.3) is 0 Å². The highest BCUT2D eigenvalue weighted by molar-refractivity contribution is 9.10. The van der Waals surface area contributed by atoms with Crippen LogP contribution in [0.5, 0.6) is 11.5 Å². The zero-order chi connectivity index (χ0) is 13.9. The first kappa shape index (κ1) is 13.5. The normalized spacial score (nSPS) is 17.8. The standard InChI is InChI=1S/C13H15BrN2O4/c14-9-7-11-12(20-6-5-19-11)8-10(9)15-13(17)16-1-3-18-4-2-16/h7-8H,1-6H2,(H,15,17). The summed E-state index contributed by atoms with van der Waals surface area (Å²) in [6.07, 6.45) is 0. The van der Waals surface area contributed by atoms with Crippen LogP contribution in [0.4, 0.5) is 10.5 Å². The number of benzene rings is 1. The molecular weight excluding hydrogens is 328 g/mol. The van der Waals surface area contributed by atoms with E-state index in [-0.39, 0.29) is 6.03 Å². The lowest BCUT2D eigenvalue weighted by molar-refractivity contribution is 0.0564. The summed E-state index contributed by atoms with van der Waals surface area (Å²) in [6, 6.07) is 3.45. The molecule has 6 nitrogen and oxygen atoms in total. The number of hydrogen-bond donors (Lipinski definition) is 1. The Bertz CT molecular complexity index is 517. The Morgan fingerprint density at radius 1 is 1.10 bits per heavy atom. The molecule has 2 aliphatic heterocycles. The number of carbonyl (C=O) groups is 1. The summed E-state index contributed by atoms with van der Waals surface area (Å²) in [5, 5.41) is 2.88. The third-order valence-electron chi connectivity index (χ3n) is 3.17. The second-order valence-corrected chi connectivity index (χ2v) is 5.36. The van der Waals surface area contributed by atoms with Gasteiger partial charge >= 0.3 is 6.03 Å². The average molecular weight is 343 g/mol. The SMILES string of the molecule is O=C(Nc1cc2c(cc1Br)OCCO2)N1CCOCC1. The van der Waals surface area contributed by atoms with E-state index < -0.39 is 0 Å². The molecule has 2 aliphatic rings. The predicted molar refractivity (Wildman–Crippen MR) is 76.5 cm³/mol. The van der Waals surface area contributed by atoms with Gasteiger partial charge in [-0.2, -0.15) is 0 Å². The van der Waals surface area contributed by atoms with Crippen molar-refractivity contribution in [1.82, 2.24) is 4.90 Å². The van der Waals surface area contributed by atoms with Gasteiger partial charge < -0.3 is 24.4 Å². The first-order valence-electron chi connectivity index (χ1n) is 6.47. The van der Waals surface area contributed by atoms with Crippen LogP contribution in [-0.4, -0.2) is 50.4 Å². The van der Waals surface area contributed by atoms with Gasteiger partial charge in [-0.1, -0.05) is 0 Å². The molecule has 0 unspecified atom stereocenters. The van der Waals surface area contributed by atoms with Gasteiger partial charge in [0.15, 0.2) is 11.5 Å². The predicted octanol–water partition coefficient (Wildman–Crippen LogP) is 2.08. The quantitative estimate of drug-likeness (QED) is 0.848. The Kier molecular flexibility index (Phi) is 3.98. The zero-order valence-corrected chi connectivity index (χ0v) is 12.4. The third-order valence-corrected chi connectivity index (χ3v) is 3.83. The summed E-state index contributed by atoms with van der Waals surface area (Å²) in [4.78, 5) is 13.9. The smallest absolute Gasteiger partial charge is 0.322 e. The minimum atomic E-state index is -0.134. The summed E-state index contributed by atoms with van der Waals surface area (Å²) in [5.41, 5.74) is 0.672. The Labute approximate surface area is 125 Å². The number of amides is 2. The molecule has 20 heavy (non-hydrogen) atoms. The number of nitrogens with zero attached hydrogens (tertiary/aromatic N) is 1. The summed E-state index contributed by atoms with van der Waals surface area (Å²) < 4.78 is 17.0. The van der Waals surface area contributed by atoms with E-state index in [9.17, 15) is 4.79 Å². The maximum absolute atomic E-state index is 12.2. The van der Waals surface area contributed by atoms with Crippen LogP contribution in [0.1, 0.15) is 0 Å². The van der Waals surface area contributed by atoms with E-state index in [4.69, 9.17) is 14.2 Å². The number of morpholine rings is 1. The van der Waals surface area contributed by atoms with Crippen molar-refractivity contribution in [1.29, 1.82) is 0 Å². The number of fused-ring (bicyclic) bond motifs is 1. The average Bonchev–Trinajstić information content (AvgIpc) is 2.49. The van der Waals surface area contributed by atoms with Gasteiger partial charge in [0.2, 0.25) is 0 Å². The third kappa shape index (κ3) is 2.83. The van der Waals surface area contributed by atoms with Crippen LogP contribution in [0.15, 0.2) is 16.6 Å². The summed E-state index contributed by atoms with van der Waals surface area (Å²) in [6.45, 7) is 3.43. The fraction of sp³-hybridized carbons (Fsp3) is 0.462. The fourth-order valence-corrected chi connectivity index (χ4v) is 2.54. The van der Waals surface area contributed by atoms with E-state index in [0.29, 0.717) is 56.7 Å². The molecule has 0 spiro atoms. The highest BCUT2D eigenvalue weighted by Gasteiger charge is 2.20. The molecule has 0 aliphatic carbocycles. The molecule has 1 N–H and O–H groups in total. The van der Waals surface area contributed by atoms with Crippen LogP contribution < -0.4 is 14.8 Å². The van der Waals surface area contributed by atoms with E-state index in [1.54, 1.807) is 11.0 Å². The second-order valence-electron chi connectivity index (χ2n) is 4.51. The van der Waals surface area contributed by atoms with Gasteiger partial charge in [-0.3, -0.25) is 0 Å². The van der Waals surface area contributed by atoms with E-state index in [1.165, 1.54) is 0 Å². The van der Waals surface area contributed by atoms with Gasteiger partial charge in [-0.15, -0.1) is 0 Å². The van der Waals surface area contributed by atoms with Gasteiger partial charge in [-0.25, -0.2) is 4.79 Å². The van der Waals surface area contributed by atoms with Crippen molar-refractivity contribution in [2.45, 2.75) is 0 Å². The van der Waals surface area contributed by atoms with Crippen molar-refractivity contribution < 1.29 is 19.0 Å². The topological polar surface area (TPSA) is 60.0 Å². The lowest BCUT2D eigenvalue weighted by Gasteiger charge is -2.27. The lowest BCUT2D eigenvalue weighted by Crippen LogP contribution is -2.43. The first-order chi connectivity index (χ1) is 9.74. The number of rotatable bonds is 1. The molecule has 0 aromatic heterocycles. The Morgan fingerprint density at radius 3 is 2.45 bits per heavy atom. The highest BCUT2D eigenvalue weighted by Crippen LogP contribution is 2.38. The fourth-order valence-electron chi connectivity index (χ4n) is 2.12. The molecule has 1 aromatic rings. The molecule has 7 heteroatoms. The van der Waals surface area contributed by atoms with Crippen molar-refractivity contribution in [3.05, 3.63) is 16.6 Å². The van der Waals surface area contributed by atoms with Gasteiger partial charge in [0.05, 0.1) is 18.9 Å². The zero-order valence-electron chi connectivity index (χ0n) is 10.9. The van der Waals surface area contributed by atoms with E-state index >= 15 is 0 Å². The monoisotopic (exact) mass is 342 g/mol. The molecule has 0 saturated carbocycles. The molecule has 3 rings (SSSR count). The second kappa shape index (κ2) is 5.88. The largest absolute Gasteiger partial charge is 0.486 e. The van der Waals surface area contributed by atoms with Crippen molar-refractivity contribution in [3.63, 3.8) is 0 Å². The Morgan fingerprint density at radius 2 is 1.75 bits per heavy atom. The van der Waals surface area contributed by atoms with E-state index in [2.05, 4.69) is 21.2 Å². The van der Waals surface area contributed by atoms with Crippen LogP contribution in [0, 0.1) is 0 Å². The lowest BCUT2D eigenvalue weighted by atomic mass is 10.2. The summed E-state index contributed by atoms with van der Waals surface area (Å²) >= 11 is 3.43. The van der Waals surface area contributed by atoms with Crippen molar-refractivity contribution in [2.75, 3.05) is 44.8 Å². The van der Waals surface area contributed by atoms with Crippen LogP contribution in [-0.2, 0) is 4.74 Å². The van der Waals surface area contributed by atoms with Crippen LogP contribution >= 0.6 is 15.9 Å². The van der Waals surface area contributed by atoms with Gasteiger partial charge in [0.1, 0.15) is 13.2 Å². The number of carbonyl (C=O) groups excluding carboxylic acids is 1. The number of anilines is 1. The summed E-state index contributed by atoms with van der Waals surface area (Å²) in [7, 11) is 0. The van der Waals surface area contributed by atoms with Gasteiger partial charge in [-0.05, 0) is 15.9 Å². The molecule has 108 valence electrons. The Hall–Kier alpha value is -1.47. The molecule has 2 amide bonds. The molecular formula is C13H15BrN2O4. The summed E-state index contributed by atoms with van der Waals surface area (Å²) in [5.74, 6) is 1.34. The molecule has 2 heterocycles. The number of ether oxygens (including phenoxy) is 3. The molecule has 1 aromatic carbocycles. The van der Waals surface area contributed by atoms with E-state index in [0.717, 1.165) is 4.47 Å². The van der Waals surface area contributed by atoms with Crippen molar-refractivity contribution >= 4 is 27.6 Å². The molecule has 0 radical (unpaired) electrons. The number of nitrogens with one attached hydrogen (secondary N) is 1. The minimum absolute atomic E-state index is 0.134. The Balaban J connectivity index is 1.74. The molecule has 0 bridgehead atoms. The van der Waals surface area contributed by atoms with Crippen molar-refractivity contribution in [2.24, 2.45) is 0 Å². The number of hydrogen-bond acceptors (Lipinski definition) is 4. The van der Waals surface area contributed by atoms with E-state index in [1.807, 2.05) is 6.07 Å². The molecule has 1 fully saturated rings. The van der Waals surface area contributed by atoms with Gasteiger partial charge in [0, 0.05) is 29.7 Å². The van der Waals surface area contributed by atoms with Crippen LogP contribution in [0.2, 0.25) is 0 Å². The molecule has 0 atom stereocenters. The minimum Gasteiger partial charge on any atom is -0.486 e. The first-order valence-corrected chi connectivity index (χ1v) is 7.26. The van der Waals surface area contributed by atoms with Crippen molar-refractivity contribution in [3.8, 4) is 11.5 Å². The van der Waals surface area contributed by atoms with Crippen LogP contribution in [0.3, 0.4) is 0 Å². The number of urea groups is 1. The highest BCUT2D eigenvalue weighted by atomic mass is 79.9. The maximum Gasteiger partial charge on any atom is 0.322 e.